The molecule has 1 heterocycles. The van der Waals surface area contributed by atoms with Crippen molar-refractivity contribution >= 4 is 21.8 Å². The van der Waals surface area contributed by atoms with E-state index in [1.807, 2.05) is 19.9 Å². The molecule has 0 fully saturated rings. The number of halogens is 1. The Labute approximate surface area is 129 Å². The van der Waals surface area contributed by atoms with Crippen LogP contribution in [0.5, 0.6) is 5.75 Å². The largest absolute Gasteiger partial charge is 0.496 e. The third-order valence-electron chi connectivity index (χ3n) is 3.25. The van der Waals surface area contributed by atoms with Crippen LogP contribution in [0.25, 0.3) is 0 Å². The Hall–Kier alpha value is -1.86. The second-order valence-corrected chi connectivity index (χ2v) is 5.44. The Morgan fingerprint density at radius 3 is 2.62 bits per heavy atom. The van der Waals surface area contributed by atoms with E-state index in [0.29, 0.717) is 11.3 Å². The summed E-state index contributed by atoms with van der Waals surface area (Å²) in [5, 5.41) is 21.2. The average molecular weight is 356 g/mol. The number of furan rings is 1. The number of ether oxygens (including phenoxy) is 1. The first-order chi connectivity index (χ1) is 9.86. The Balaban J connectivity index is 2.56. The zero-order chi connectivity index (χ0) is 15.7. The van der Waals surface area contributed by atoms with Crippen molar-refractivity contribution in [3.05, 3.63) is 55.2 Å². The third-order valence-corrected chi connectivity index (χ3v) is 4.07. The second kappa shape index (κ2) is 5.87. The first-order valence-corrected chi connectivity index (χ1v) is 6.91. The lowest BCUT2D eigenvalue weighted by Crippen LogP contribution is -2.06. The number of methoxy groups -OCH3 is 1. The van der Waals surface area contributed by atoms with Gasteiger partial charge in [0.15, 0.2) is 0 Å². The first kappa shape index (κ1) is 15.5. The summed E-state index contributed by atoms with van der Waals surface area (Å²) in [7, 11) is 1.51. The van der Waals surface area contributed by atoms with E-state index in [4.69, 9.17) is 9.15 Å². The summed E-state index contributed by atoms with van der Waals surface area (Å²) in [6, 6.07) is 4.48. The maximum absolute atomic E-state index is 10.7. The standard InChI is InChI=1S/C14H14BrNO5/c1-7-6-9(15)8(2)12(14(7)20-3)13(17)10-4-5-11(21-10)16(18)19/h4-6,13,17H,1-3H3. The van der Waals surface area contributed by atoms with Crippen molar-refractivity contribution in [3.63, 3.8) is 0 Å². The highest BCUT2D eigenvalue weighted by atomic mass is 79.9. The minimum atomic E-state index is -1.15. The molecule has 112 valence electrons. The highest BCUT2D eigenvalue weighted by molar-refractivity contribution is 9.10. The Morgan fingerprint density at radius 2 is 2.10 bits per heavy atom. The quantitative estimate of drug-likeness (QED) is 0.668. The highest BCUT2D eigenvalue weighted by Crippen LogP contribution is 2.39. The predicted molar refractivity (Wildman–Crippen MR) is 79.6 cm³/mol. The lowest BCUT2D eigenvalue weighted by atomic mass is 9.97. The van der Waals surface area contributed by atoms with Gasteiger partial charge in [-0.2, -0.15) is 0 Å². The van der Waals surface area contributed by atoms with E-state index in [0.717, 1.165) is 15.6 Å². The molecule has 0 bridgehead atoms. The zero-order valence-electron chi connectivity index (χ0n) is 11.7. The van der Waals surface area contributed by atoms with E-state index in [1.165, 1.54) is 19.2 Å². The molecule has 0 saturated carbocycles. The van der Waals surface area contributed by atoms with Crippen molar-refractivity contribution in [2.24, 2.45) is 0 Å². The fourth-order valence-electron chi connectivity index (χ4n) is 2.21. The molecule has 0 aliphatic rings. The molecule has 1 aromatic carbocycles. The summed E-state index contributed by atoms with van der Waals surface area (Å²) in [5.41, 5.74) is 2.14. The molecule has 6 nitrogen and oxygen atoms in total. The lowest BCUT2D eigenvalue weighted by molar-refractivity contribution is -0.402. The van der Waals surface area contributed by atoms with Crippen LogP contribution in [0.2, 0.25) is 0 Å². The van der Waals surface area contributed by atoms with Gasteiger partial charge in [0, 0.05) is 10.0 Å². The monoisotopic (exact) mass is 355 g/mol. The number of benzene rings is 1. The summed E-state index contributed by atoms with van der Waals surface area (Å²) < 4.78 is 11.2. The zero-order valence-corrected chi connectivity index (χ0v) is 13.3. The van der Waals surface area contributed by atoms with Crippen LogP contribution in [0.4, 0.5) is 5.88 Å². The van der Waals surface area contributed by atoms with Crippen LogP contribution in [0.15, 0.2) is 27.1 Å². The predicted octanol–water partition coefficient (Wildman–Crippen LogP) is 3.66. The van der Waals surface area contributed by atoms with Gasteiger partial charge < -0.3 is 14.3 Å². The molecule has 1 unspecified atom stereocenters. The molecule has 0 aliphatic carbocycles. The van der Waals surface area contributed by atoms with Crippen LogP contribution in [-0.2, 0) is 0 Å². The number of nitrogens with zero attached hydrogens (tertiary/aromatic N) is 1. The van der Waals surface area contributed by atoms with Gasteiger partial charge in [-0.15, -0.1) is 0 Å². The molecule has 0 radical (unpaired) electrons. The molecule has 0 saturated heterocycles. The van der Waals surface area contributed by atoms with Crippen molar-refractivity contribution in [1.82, 2.24) is 0 Å². The summed E-state index contributed by atoms with van der Waals surface area (Å²) in [6.07, 6.45) is -1.15. The van der Waals surface area contributed by atoms with Gasteiger partial charge >= 0.3 is 5.88 Å². The minimum Gasteiger partial charge on any atom is -0.496 e. The molecular formula is C14H14BrNO5. The molecule has 0 aliphatic heterocycles. The third kappa shape index (κ3) is 2.79. The smallest absolute Gasteiger partial charge is 0.433 e. The SMILES string of the molecule is COc1c(C)cc(Br)c(C)c1C(O)c1ccc([N+](=O)[O-])o1. The van der Waals surface area contributed by atoms with E-state index in [-0.39, 0.29) is 5.76 Å². The van der Waals surface area contributed by atoms with Crippen LogP contribution in [0, 0.1) is 24.0 Å². The summed E-state index contributed by atoms with van der Waals surface area (Å²) in [6.45, 7) is 3.67. The molecule has 2 rings (SSSR count). The first-order valence-electron chi connectivity index (χ1n) is 6.12. The van der Waals surface area contributed by atoms with E-state index in [2.05, 4.69) is 15.9 Å². The fourth-order valence-corrected chi connectivity index (χ4v) is 2.76. The molecule has 0 spiro atoms. The van der Waals surface area contributed by atoms with E-state index in [9.17, 15) is 15.2 Å². The van der Waals surface area contributed by atoms with Gasteiger partial charge in [0.05, 0.1) is 13.2 Å². The number of aliphatic hydroxyl groups excluding tert-OH is 1. The highest BCUT2D eigenvalue weighted by Gasteiger charge is 2.25. The van der Waals surface area contributed by atoms with Crippen LogP contribution < -0.4 is 4.74 Å². The van der Waals surface area contributed by atoms with Crippen LogP contribution in [0.3, 0.4) is 0 Å². The molecule has 2 aromatic rings. The molecule has 21 heavy (non-hydrogen) atoms. The number of hydrogen-bond donors (Lipinski definition) is 1. The van der Waals surface area contributed by atoms with Crippen LogP contribution in [0.1, 0.15) is 28.6 Å². The van der Waals surface area contributed by atoms with E-state index in [1.54, 1.807) is 0 Å². The number of aliphatic hydroxyl groups is 1. The Bertz CT molecular complexity index is 695. The van der Waals surface area contributed by atoms with Crippen molar-refractivity contribution in [1.29, 1.82) is 0 Å². The van der Waals surface area contributed by atoms with Crippen molar-refractivity contribution in [3.8, 4) is 5.75 Å². The van der Waals surface area contributed by atoms with Gasteiger partial charge in [-0.3, -0.25) is 10.1 Å². The lowest BCUT2D eigenvalue weighted by Gasteiger charge is -2.19. The van der Waals surface area contributed by atoms with Gasteiger partial charge in [-0.1, -0.05) is 15.9 Å². The molecular weight excluding hydrogens is 342 g/mol. The number of nitro groups is 1. The number of rotatable bonds is 4. The molecule has 1 atom stereocenters. The van der Waals surface area contributed by atoms with Gasteiger partial charge in [0.1, 0.15) is 22.5 Å². The van der Waals surface area contributed by atoms with Gasteiger partial charge in [0.2, 0.25) is 0 Å². The Morgan fingerprint density at radius 1 is 1.43 bits per heavy atom. The average Bonchev–Trinajstić information content (AvgIpc) is 2.91. The molecule has 1 aromatic heterocycles. The normalized spacial score (nSPS) is 12.2. The summed E-state index contributed by atoms with van der Waals surface area (Å²) in [4.78, 5) is 10.0. The summed E-state index contributed by atoms with van der Waals surface area (Å²) in [5.74, 6) is 0.218. The maximum Gasteiger partial charge on any atom is 0.433 e. The molecule has 1 N–H and O–H groups in total. The van der Waals surface area contributed by atoms with Crippen LogP contribution in [-0.4, -0.2) is 17.1 Å². The van der Waals surface area contributed by atoms with Gasteiger partial charge in [-0.05, 0) is 37.1 Å². The number of aryl methyl sites for hydroxylation is 1. The Kier molecular flexibility index (Phi) is 4.34. The number of hydrogen-bond acceptors (Lipinski definition) is 5. The van der Waals surface area contributed by atoms with Crippen molar-refractivity contribution < 1.29 is 19.2 Å². The van der Waals surface area contributed by atoms with Crippen molar-refractivity contribution in [2.75, 3.05) is 7.11 Å². The molecule has 0 amide bonds. The molecule has 7 heteroatoms. The van der Waals surface area contributed by atoms with Gasteiger partial charge in [0.25, 0.3) is 0 Å². The van der Waals surface area contributed by atoms with E-state index >= 15 is 0 Å². The van der Waals surface area contributed by atoms with Gasteiger partial charge in [-0.25, -0.2) is 0 Å². The summed E-state index contributed by atoms with van der Waals surface area (Å²) >= 11 is 3.42. The van der Waals surface area contributed by atoms with Crippen molar-refractivity contribution in [2.45, 2.75) is 20.0 Å². The fraction of sp³-hybridized carbons (Fsp3) is 0.286. The minimum absolute atomic E-state index is 0.0978. The van der Waals surface area contributed by atoms with E-state index < -0.39 is 16.9 Å². The maximum atomic E-state index is 10.7. The topological polar surface area (TPSA) is 85.7 Å². The van der Waals surface area contributed by atoms with Crippen LogP contribution >= 0.6 is 15.9 Å². The second-order valence-electron chi connectivity index (χ2n) is 4.58.